The number of para-hydroxylation sites is 1. The first-order valence-electron chi connectivity index (χ1n) is 6.33. The lowest BCUT2D eigenvalue weighted by Crippen LogP contribution is -2.23. The van der Waals surface area contributed by atoms with Gasteiger partial charge in [-0.05, 0) is 24.6 Å². The first kappa shape index (κ1) is 13.3. The van der Waals surface area contributed by atoms with Gasteiger partial charge in [-0.2, -0.15) is 0 Å². The zero-order valence-electron chi connectivity index (χ0n) is 10.9. The summed E-state index contributed by atoms with van der Waals surface area (Å²) in [6, 6.07) is 18.9. The topological polar surface area (TPSA) is 38.3 Å². The molecule has 1 N–H and O–H groups in total. The molecule has 0 aliphatic carbocycles. The number of rotatable bonds is 5. The average Bonchev–Trinajstić information content (AvgIpc) is 2.46. The molecule has 0 heterocycles. The number of benzene rings is 2. The van der Waals surface area contributed by atoms with Crippen molar-refractivity contribution in [3.8, 4) is 0 Å². The van der Waals surface area contributed by atoms with Crippen LogP contribution in [-0.4, -0.2) is 12.5 Å². The van der Waals surface area contributed by atoms with E-state index in [-0.39, 0.29) is 5.91 Å². The molecule has 0 saturated heterocycles. The Morgan fingerprint density at radius 3 is 2.21 bits per heavy atom. The van der Waals surface area contributed by atoms with Crippen LogP contribution in [0.4, 0.5) is 5.69 Å². The van der Waals surface area contributed by atoms with Crippen molar-refractivity contribution in [3.05, 3.63) is 66.2 Å². The summed E-state index contributed by atoms with van der Waals surface area (Å²) in [4.78, 5) is 12.3. The molecular weight excluding hydrogens is 238 g/mol. The molecule has 0 spiro atoms. The Hall–Kier alpha value is -2.13. The molecule has 0 aromatic heterocycles. The van der Waals surface area contributed by atoms with Crippen LogP contribution in [0.25, 0.3) is 0 Å². The Labute approximate surface area is 113 Å². The lowest BCUT2D eigenvalue weighted by molar-refractivity contribution is -0.127. The number of amides is 1. The maximum absolute atomic E-state index is 12.3. The van der Waals surface area contributed by atoms with Gasteiger partial charge in [-0.1, -0.05) is 48.5 Å². The van der Waals surface area contributed by atoms with Gasteiger partial charge in [0.2, 0.25) is 0 Å². The molecule has 0 saturated carbocycles. The highest BCUT2D eigenvalue weighted by atomic mass is 16.5. The molecule has 2 aromatic carbocycles. The van der Waals surface area contributed by atoms with Gasteiger partial charge in [-0.25, -0.2) is 0 Å². The van der Waals surface area contributed by atoms with Crippen LogP contribution in [0.3, 0.4) is 0 Å². The van der Waals surface area contributed by atoms with Crippen LogP contribution in [0, 0.1) is 0 Å². The van der Waals surface area contributed by atoms with Gasteiger partial charge < -0.3 is 10.1 Å². The quantitative estimate of drug-likeness (QED) is 0.889. The summed E-state index contributed by atoms with van der Waals surface area (Å²) in [5.41, 5.74) is 1.63. The van der Waals surface area contributed by atoms with Crippen molar-refractivity contribution in [2.45, 2.75) is 13.0 Å². The Balaban J connectivity index is 2.13. The highest BCUT2D eigenvalue weighted by Crippen LogP contribution is 2.19. The van der Waals surface area contributed by atoms with Crippen LogP contribution in [0.2, 0.25) is 0 Å². The van der Waals surface area contributed by atoms with Crippen molar-refractivity contribution < 1.29 is 9.53 Å². The molecule has 1 unspecified atom stereocenters. The molecule has 0 bridgehead atoms. The predicted molar refractivity (Wildman–Crippen MR) is 75.9 cm³/mol. The molecule has 98 valence electrons. The van der Waals surface area contributed by atoms with Gasteiger partial charge in [0.25, 0.3) is 5.91 Å². The van der Waals surface area contributed by atoms with E-state index < -0.39 is 6.10 Å². The van der Waals surface area contributed by atoms with E-state index in [1.165, 1.54) is 0 Å². The fraction of sp³-hybridized carbons (Fsp3) is 0.188. The molecule has 1 atom stereocenters. The maximum Gasteiger partial charge on any atom is 0.258 e. The summed E-state index contributed by atoms with van der Waals surface area (Å²) >= 11 is 0. The van der Waals surface area contributed by atoms with Gasteiger partial charge >= 0.3 is 0 Å². The Morgan fingerprint density at radius 1 is 1.05 bits per heavy atom. The van der Waals surface area contributed by atoms with Crippen molar-refractivity contribution >= 4 is 11.6 Å². The van der Waals surface area contributed by atoms with Crippen LogP contribution in [-0.2, 0) is 9.53 Å². The van der Waals surface area contributed by atoms with Crippen LogP contribution < -0.4 is 5.32 Å². The Morgan fingerprint density at radius 2 is 1.63 bits per heavy atom. The minimum atomic E-state index is -0.577. The fourth-order valence-electron chi connectivity index (χ4n) is 1.85. The van der Waals surface area contributed by atoms with Gasteiger partial charge in [0.1, 0.15) is 0 Å². The SMILES string of the molecule is CCOC(C(=O)Nc1ccccc1)c1ccccc1. The lowest BCUT2D eigenvalue weighted by Gasteiger charge is -2.17. The molecule has 0 fully saturated rings. The van der Waals surface area contributed by atoms with Crippen molar-refractivity contribution in [2.24, 2.45) is 0 Å². The van der Waals surface area contributed by atoms with Crippen LogP contribution in [0.1, 0.15) is 18.6 Å². The number of hydrogen-bond acceptors (Lipinski definition) is 2. The van der Waals surface area contributed by atoms with Gasteiger partial charge in [-0.3, -0.25) is 4.79 Å². The molecule has 2 aromatic rings. The monoisotopic (exact) mass is 255 g/mol. The number of carbonyl (C=O) groups excluding carboxylic acids is 1. The lowest BCUT2D eigenvalue weighted by atomic mass is 10.1. The van der Waals surface area contributed by atoms with Crippen molar-refractivity contribution in [3.63, 3.8) is 0 Å². The third-order valence-electron chi connectivity index (χ3n) is 2.72. The van der Waals surface area contributed by atoms with Gasteiger partial charge in [0.15, 0.2) is 6.10 Å². The normalized spacial score (nSPS) is 11.8. The van der Waals surface area contributed by atoms with E-state index in [4.69, 9.17) is 4.74 Å². The number of carbonyl (C=O) groups is 1. The molecule has 0 aliphatic heterocycles. The fourth-order valence-corrected chi connectivity index (χ4v) is 1.85. The smallest absolute Gasteiger partial charge is 0.258 e. The third kappa shape index (κ3) is 3.66. The van der Waals surface area contributed by atoms with E-state index in [9.17, 15) is 4.79 Å². The summed E-state index contributed by atoms with van der Waals surface area (Å²) in [6.45, 7) is 2.37. The second-order valence-corrected chi connectivity index (χ2v) is 4.10. The van der Waals surface area contributed by atoms with Crippen molar-refractivity contribution in [2.75, 3.05) is 11.9 Å². The first-order chi connectivity index (χ1) is 9.31. The standard InChI is InChI=1S/C16H17NO2/c1-2-19-15(13-9-5-3-6-10-13)16(18)17-14-11-7-4-8-12-14/h3-12,15H,2H2,1H3,(H,17,18). The van der Waals surface area contributed by atoms with E-state index in [0.717, 1.165) is 11.3 Å². The molecule has 3 heteroatoms. The summed E-state index contributed by atoms with van der Waals surface area (Å²) < 4.78 is 5.55. The van der Waals surface area contributed by atoms with E-state index in [2.05, 4.69) is 5.32 Å². The van der Waals surface area contributed by atoms with Gasteiger partial charge in [0.05, 0.1) is 0 Å². The van der Waals surface area contributed by atoms with Crippen molar-refractivity contribution in [1.29, 1.82) is 0 Å². The summed E-state index contributed by atoms with van der Waals surface area (Å²) in [6.07, 6.45) is -0.577. The minimum Gasteiger partial charge on any atom is -0.364 e. The molecule has 3 nitrogen and oxygen atoms in total. The minimum absolute atomic E-state index is 0.153. The van der Waals surface area contributed by atoms with E-state index in [1.807, 2.05) is 67.6 Å². The largest absolute Gasteiger partial charge is 0.364 e. The molecular formula is C16H17NO2. The number of anilines is 1. The van der Waals surface area contributed by atoms with Crippen molar-refractivity contribution in [1.82, 2.24) is 0 Å². The predicted octanol–water partition coefficient (Wildman–Crippen LogP) is 3.40. The highest BCUT2D eigenvalue weighted by Gasteiger charge is 2.20. The maximum atomic E-state index is 12.3. The summed E-state index contributed by atoms with van der Waals surface area (Å²) in [5, 5.41) is 2.86. The molecule has 0 radical (unpaired) electrons. The third-order valence-corrected chi connectivity index (χ3v) is 2.72. The number of nitrogens with one attached hydrogen (secondary N) is 1. The molecule has 0 aliphatic rings. The van der Waals surface area contributed by atoms with Gasteiger partial charge in [0, 0.05) is 12.3 Å². The zero-order valence-corrected chi connectivity index (χ0v) is 10.9. The second-order valence-electron chi connectivity index (χ2n) is 4.10. The zero-order chi connectivity index (χ0) is 13.5. The van der Waals surface area contributed by atoms with E-state index >= 15 is 0 Å². The summed E-state index contributed by atoms with van der Waals surface area (Å²) in [5.74, 6) is -0.153. The van der Waals surface area contributed by atoms with E-state index in [0.29, 0.717) is 6.61 Å². The second kappa shape index (κ2) is 6.71. The first-order valence-corrected chi connectivity index (χ1v) is 6.33. The Kier molecular flexibility index (Phi) is 4.70. The van der Waals surface area contributed by atoms with Gasteiger partial charge in [-0.15, -0.1) is 0 Å². The molecule has 19 heavy (non-hydrogen) atoms. The number of hydrogen-bond donors (Lipinski definition) is 1. The van der Waals surface area contributed by atoms with Crippen LogP contribution >= 0.6 is 0 Å². The highest BCUT2D eigenvalue weighted by molar-refractivity contribution is 5.94. The van der Waals surface area contributed by atoms with Crippen LogP contribution in [0.5, 0.6) is 0 Å². The van der Waals surface area contributed by atoms with E-state index in [1.54, 1.807) is 0 Å². The van der Waals surface area contributed by atoms with Crippen LogP contribution in [0.15, 0.2) is 60.7 Å². The number of ether oxygens (including phenoxy) is 1. The molecule has 1 amide bonds. The summed E-state index contributed by atoms with van der Waals surface area (Å²) in [7, 11) is 0. The average molecular weight is 255 g/mol. The molecule has 2 rings (SSSR count). The Bertz CT molecular complexity index is 511.